The molecule has 0 aromatic carbocycles. The minimum atomic E-state index is -4.18. The van der Waals surface area contributed by atoms with Crippen molar-refractivity contribution in [1.29, 1.82) is 0 Å². The zero-order chi connectivity index (χ0) is 14.7. The molecule has 19 heavy (non-hydrogen) atoms. The number of hydrogen-bond donors (Lipinski definition) is 0. The van der Waals surface area contributed by atoms with Crippen LogP contribution < -0.4 is 0 Å². The van der Waals surface area contributed by atoms with Gasteiger partial charge in [0, 0.05) is 12.2 Å². The molecule has 110 valence electrons. The van der Waals surface area contributed by atoms with Gasteiger partial charge in [-0.3, -0.25) is 4.79 Å². The minimum absolute atomic E-state index is 0.117. The fraction of sp³-hybridized carbons (Fsp3) is 0.769. The van der Waals surface area contributed by atoms with Crippen molar-refractivity contribution < 1.29 is 22.7 Å². The Labute approximate surface area is 116 Å². The van der Waals surface area contributed by atoms with Crippen molar-refractivity contribution in [3.8, 4) is 12.3 Å². The maximum atomic E-state index is 12.0. The molecule has 0 aromatic rings. The first-order chi connectivity index (χ1) is 8.90. The van der Waals surface area contributed by atoms with E-state index in [1.54, 1.807) is 0 Å². The third-order valence-electron chi connectivity index (χ3n) is 2.46. The number of terminal acetylenes is 1. The average molecular weight is 296 g/mol. The summed E-state index contributed by atoms with van der Waals surface area (Å²) in [6, 6.07) is 0. The monoisotopic (exact) mass is 296 g/mol. The second-order valence-corrected chi connectivity index (χ2v) is 5.36. The second kappa shape index (κ2) is 10.0. The summed E-state index contributed by atoms with van der Waals surface area (Å²) < 4.78 is 40.7. The quantitative estimate of drug-likeness (QED) is 0.368. The smallest absolute Gasteiger partial charge is 0.389 e. The molecule has 0 saturated carbocycles. The number of unbranched alkanes of at least 4 members (excludes halogenated alkanes) is 3. The summed E-state index contributed by atoms with van der Waals surface area (Å²) in [5, 5.41) is -0.516. The number of thioether (sulfide) groups is 1. The van der Waals surface area contributed by atoms with E-state index in [1.807, 2.05) is 0 Å². The van der Waals surface area contributed by atoms with Gasteiger partial charge in [-0.25, -0.2) is 0 Å². The molecule has 0 aliphatic carbocycles. The number of halogens is 3. The first-order valence-electron chi connectivity index (χ1n) is 6.10. The van der Waals surface area contributed by atoms with E-state index in [2.05, 4.69) is 10.7 Å². The van der Waals surface area contributed by atoms with Gasteiger partial charge in [0.2, 0.25) is 0 Å². The first-order valence-corrected chi connectivity index (χ1v) is 7.15. The van der Waals surface area contributed by atoms with Crippen molar-refractivity contribution in [1.82, 2.24) is 0 Å². The van der Waals surface area contributed by atoms with Crippen molar-refractivity contribution in [3.63, 3.8) is 0 Å². The van der Waals surface area contributed by atoms with Crippen LogP contribution in [0.15, 0.2) is 0 Å². The number of ether oxygens (including phenoxy) is 1. The summed E-state index contributed by atoms with van der Waals surface area (Å²) in [7, 11) is 1.25. The molecule has 0 radical (unpaired) electrons. The number of rotatable bonds is 9. The van der Waals surface area contributed by atoms with E-state index in [-0.39, 0.29) is 5.75 Å². The molecule has 2 nitrogen and oxygen atoms in total. The molecule has 0 spiro atoms. The number of carbonyl (C=O) groups excluding carboxylic acids is 1. The molecular weight excluding hydrogens is 277 g/mol. The highest BCUT2D eigenvalue weighted by atomic mass is 32.2. The van der Waals surface area contributed by atoms with Gasteiger partial charge in [-0.05, 0) is 12.8 Å². The van der Waals surface area contributed by atoms with E-state index in [0.717, 1.165) is 31.0 Å². The zero-order valence-electron chi connectivity index (χ0n) is 11.0. The Morgan fingerprint density at radius 2 is 2.05 bits per heavy atom. The Kier molecular flexibility index (Phi) is 9.58. The Balaban J connectivity index is 3.97. The van der Waals surface area contributed by atoms with Gasteiger partial charge in [-0.1, -0.05) is 12.8 Å². The molecule has 6 heteroatoms. The lowest BCUT2D eigenvalue weighted by Gasteiger charge is -2.14. The molecule has 0 amide bonds. The Morgan fingerprint density at radius 3 is 2.58 bits per heavy atom. The van der Waals surface area contributed by atoms with Crippen LogP contribution in [0.3, 0.4) is 0 Å². The summed E-state index contributed by atoms with van der Waals surface area (Å²) in [5.74, 6) is 1.95. The van der Waals surface area contributed by atoms with Crippen LogP contribution >= 0.6 is 11.8 Å². The van der Waals surface area contributed by atoms with Crippen molar-refractivity contribution in [2.24, 2.45) is 0 Å². The lowest BCUT2D eigenvalue weighted by Crippen LogP contribution is -2.20. The fourth-order valence-corrected chi connectivity index (χ4v) is 2.65. The molecule has 0 bridgehead atoms. The molecule has 0 rings (SSSR count). The summed E-state index contributed by atoms with van der Waals surface area (Å²) in [5.41, 5.74) is 0. The van der Waals surface area contributed by atoms with E-state index >= 15 is 0 Å². The van der Waals surface area contributed by atoms with Gasteiger partial charge in [0.15, 0.2) is 0 Å². The summed E-state index contributed by atoms with van der Waals surface area (Å²) in [4.78, 5) is 11.4. The standard InChI is InChI=1S/C13H19F3O2S/c1-3-4-5-6-7-8-11(12(17)18-2)19-10-9-13(14,15)16/h1,11H,4-10H2,2H3. The van der Waals surface area contributed by atoms with Crippen molar-refractivity contribution in [3.05, 3.63) is 0 Å². The maximum Gasteiger partial charge on any atom is 0.389 e. The van der Waals surface area contributed by atoms with Crippen LogP contribution in [0.2, 0.25) is 0 Å². The molecule has 0 saturated heterocycles. The Morgan fingerprint density at radius 1 is 1.37 bits per heavy atom. The normalized spacial score (nSPS) is 12.8. The summed E-state index contributed by atoms with van der Waals surface area (Å²) >= 11 is 1.01. The first kappa shape index (κ1) is 18.2. The maximum absolute atomic E-state index is 12.0. The van der Waals surface area contributed by atoms with Crippen LogP contribution in [0.1, 0.15) is 38.5 Å². The SMILES string of the molecule is C#CCCCCCC(SCCC(F)(F)F)C(=O)OC. The number of hydrogen-bond acceptors (Lipinski definition) is 3. The molecule has 1 unspecified atom stereocenters. The third kappa shape index (κ3) is 10.8. The molecule has 0 aromatic heterocycles. The Hall–Kier alpha value is -0.830. The van der Waals surface area contributed by atoms with Gasteiger partial charge in [-0.2, -0.15) is 13.2 Å². The lowest BCUT2D eigenvalue weighted by molar-refractivity contribution is -0.140. The van der Waals surface area contributed by atoms with E-state index in [4.69, 9.17) is 6.42 Å². The van der Waals surface area contributed by atoms with Gasteiger partial charge >= 0.3 is 12.1 Å². The van der Waals surface area contributed by atoms with E-state index < -0.39 is 23.8 Å². The van der Waals surface area contributed by atoms with Gasteiger partial charge in [0.25, 0.3) is 0 Å². The lowest BCUT2D eigenvalue weighted by atomic mass is 10.1. The van der Waals surface area contributed by atoms with Crippen LogP contribution in [0.5, 0.6) is 0 Å². The second-order valence-electron chi connectivity index (χ2n) is 4.05. The largest absolute Gasteiger partial charge is 0.468 e. The topological polar surface area (TPSA) is 26.3 Å². The van der Waals surface area contributed by atoms with E-state index in [0.29, 0.717) is 12.8 Å². The van der Waals surface area contributed by atoms with Crippen LogP contribution in [0.4, 0.5) is 13.2 Å². The molecular formula is C13H19F3O2S. The van der Waals surface area contributed by atoms with Gasteiger partial charge in [-0.15, -0.1) is 24.1 Å². The van der Waals surface area contributed by atoms with Crippen molar-refractivity contribution in [2.75, 3.05) is 12.9 Å². The highest BCUT2D eigenvalue weighted by Crippen LogP contribution is 2.26. The summed E-state index contributed by atoms with van der Waals surface area (Å²) in [6.07, 6.45) is 3.77. The highest BCUT2D eigenvalue weighted by Gasteiger charge is 2.28. The van der Waals surface area contributed by atoms with Gasteiger partial charge < -0.3 is 4.74 Å². The number of methoxy groups -OCH3 is 1. The predicted molar refractivity (Wildman–Crippen MR) is 70.9 cm³/mol. The fourth-order valence-electron chi connectivity index (χ4n) is 1.45. The van der Waals surface area contributed by atoms with E-state index in [9.17, 15) is 18.0 Å². The summed E-state index contributed by atoms with van der Waals surface area (Å²) in [6.45, 7) is 0. The van der Waals surface area contributed by atoms with Crippen molar-refractivity contribution >= 4 is 17.7 Å². The molecule has 1 atom stereocenters. The average Bonchev–Trinajstić information content (AvgIpc) is 2.34. The van der Waals surface area contributed by atoms with Crippen LogP contribution in [0.25, 0.3) is 0 Å². The molecule has 0 heterocycles. The Bertz CT molecular complexity index is 297. The minimum Gasteiger partial charge on any atom is -0.468 e. The zero-order valence-corrected chi connectivity index (χ0v) is 11.8. The van der Waals surface area contributed by atoms with Crippen LogP contribution in [-0.4, -0.2) is 30.3 Å². The van der Waals surface area contributed by atoms with E-state index in [1.165, 1.54) is 7.11 Å². The number of alkyl halides is 3. The molecule has 0 aliphatic rings. The van der Waals surface area contributed by atoms with Crippen LogP contribution in [-0.2, 0) is 9.53 Å². The van der Waals surface area contributed by atoms with Gasteiger partial charge in [0.05, 0.1) is 13.5 Å². The third-order valence-corrected chi connectivity index (χ3v) is 3.73. The predicted octanol–water partition coefficient (Wildman–Crippen LogP) is 3.80. The van der Waals surface area contributed by atoms with Crippen molar-refractivity contribution in [2.45, 2.75) is 50.0 Å². The van der Waals surface area contributed by atoms with Gasteiger partial charge in [0.1, 0.15) is 5.25 Å². The highest BCUT2D eigenvalue weighted by molar-refractivity contribution is 8.00. The molecule has 0 aliphatic heterocycles. The number of esters is 1. The number of carbonyl (C=O) groups is 1. The molecule has 0 N–H and O–H groups in total. The molecule has 0 fully saturated rings. The van der Waals surface area contributed by atoms with Crippen LogP contribution in [0, 0.1) is 12.3 Å².